The van der Waals surface area contributed by atoms with E-state index in [-0.39, 0.29) is 0 Å². The van der Waals surface area contributed by atoms with Crippen molar-refractivity contribution in [2.75, 3.05) is 0 Å². The summed E-state index contributed by atoms with van der Waals surface area (Å²) in [5, 5.41) is 8.60. The van der Waals surface area contributed by atoms with Crippen molar-refractivity contribution < 1.29 is 0 Å². The Morgan fingerprint density at radius 2 is 1.50 bits per heavy atom. The average Bonchev–Trinajstić information content (AvgIpc) is 3.10. The van der Waals surface area contributed by atoms with Crippen LogP contribution in [0.2, 0.25) is 0 Å². The molecule has 0 spiro atoms. The Labute approximate surface area is 174 Å². The van der Waals surface area contributed by atoms with Gasteiger partial charge in [0.2, 0.25) is 0 Å². The lowest BCUT2D eigenvalue weighted by Crippen LogP contribution is -1.96. The van der Waals surface area contributed by atoms with Gasteiger partial charge < -0.3 is 0 Å². The molecule has 1 aromatic heterocycles. The van der Waals surface area contributed by atoms with Gasteiger partial charge in [0.25, 0.3) is 0 Å². The zero-order valence-corrected chi connectivity index (χ0v) is 19.1. The summed E-state index contributed by atoms with van der Waals surface area (Å²) < 4.78 is 1.97. The number of allylic oxidation sites excluding steroid dienone is 6. The van der Waals surface area contributed by atoms with Gasteiger partial charge in [-0.2, -0.15) is 0 Å². The number of nitrogens with zero attached hydrogens (tertiary/aromatic N) is 3. The molecule has 3 heteroatoms. The number of hydrogen-bond donors (Lipinski definition) is 0. The van der Waals surface area contributed by atoms with Gasteiger partial charge in [-0.3, -0.25) is 0 Å². The van der Waals surface area contributed by atoms with E-state index in [1.165, 1.54) is 61.7 Å². The monoisotopic (exact) mass is 385 g/mol. The molecule has 158 valence electrons. The molecule has 3 nitrogen and oxygen atoms in total. The fourth-order valence-corrected chi connectivity index (χ4v) is 3.22. The predicted octanol–water partition coefficient (Wildman–Crippen LogP) is 7.60. The lowest BCUT2D eigenvalue weighted by atomic mass is 10.1. The second kappa shape index (κ2) is 15.3. The Hall–Kier alpha value is -1.64. The van der Waals surface area contributed by atoms with Crippen LogP contribution in [0.3, 0.4) is 0 Å². The van der Waals surface area contributed by atoms with Crippen LogP contribution in [0.15, 0.2) is 41.1 Å². The first-order valence-electron chi connectivity index (χ1n) is 11.3. The summed E-state index contributed by atoms with van der Waals surface area (Å²) in [6.07, 6.45) is 22.7. The third-order valence-corrected chi connectivity index (χ3v) is 5.12. The van der Waals surface area contributed by atoms with Gasteiger partial charge >= 0.3 is 0 Å². The Morgan fingerprint density at radius 3 is 2.21 bits per heavy atom. The maximum atomic E-state index is 4.32. The van der Waals surface area contributed by atoms with Gasteiger partial charge in [-0.25, -0.2) is 4.68 Å². The predicted molar refractivity (Wildman–Crippen MR) is 123 cm³/mol. The minimum Gasteiger partial charge on any atom is -0.248 e. The highest BCUT2D eigenvalue weighted by Crippen LogP contribution is 2.12. The smallest absolute Gasteiger partial charge is 0.0827 e. The van der Waals surface area contributed by atoms with E-state index < -0.39 is 0 Å². The minimum absolute atomic E-state index is 0.832. The molecule has 0 radical (unpaired) electrons. The van der Waals surface area contributed by atoms with Crippen LogP contribution in [0.4, 0.5) is 0 Å². The van der Waals surface area contributed by atoms with Crippen LogP contribution in [-0.4, -0.2) is 15.0 Å². The van der Waals surface area contributed by atoms with Crippen molar-refractivity contribution >= 4 is 0 Å². The lowest BCUT2D eigenvalue weighted by Gasteiger charge is -2.02. The van der Waals surface area contributed by atoms with Crippen molar-refractivity contribution in [2.24, 2.45) is 0 Å². The fourth-order valence-electron chi connectivity index (χ4n) is 3.22. The molecule has 0 aliphatic carbocycles. The topological polar surface area (TPSA) is 30.7 Å². The molecular weight excluding hydrogens is 342 g/mol. The zero-order valence-electron chi connectivity index (χ0n) is 19.1. The number of rotatable bonds is 15. The van der Waals surface area contributed by atoms with Crippen molar-refractivity contribution in [1.29, 1.82) is 0 Å². The van der Waals surface area contributed by atoms with Gasteiger partial charge in [0.1, 0.15) is 0 Å². The molecule has 0 fully saturated rings. The molecule has 0 unspecified atom stereocenters. The van der Waals surface area contributed by atoms with E-state index in [1.54, 1.807) is 0 Å². The van der Waals surface area contributed by atoms with Gasteiger partial charge in [-0.1, -0.05) is 79.2 Å². The molecule has 0 amide bonds. The van der Waals surface area contributed by atoms with E-state index >= 15 is 0 Å². The van der Waals surface area contributed by atoms with Crippen LogP contribution in [0.25, 0.3) is 0 Å². The molecule has 0 bridgehead atoms. The largest absolute Gasteiger partial charge is 0.248 e. The van der Waals surface area contributed by atoms with Gasteiger partial charge in [-0.15, -0.1) is 5.10 Å². The molecule has 0 aliphatic rings. The first kappa shape index (κ1) is 24.4. The second-order valence-electron chi connectivity index (χ2n) is 8.41. The molecule has 28 heavy (non-hydrogen) atoms. The quantitative estimate of drug-likeness (QED) is 0.230. The average molecular weight is 386 g/mol. The summed E-state index contributed by atoms with van der Waals surface area (Å²) in [4.78, 5) is 0. The van der Waals surface area contributed by atoms with Gasteiger partial charge in [0.05, 0.1) is 12.2 Å². The van der Waals surface area contributed by atoms with Crippen LogP contribution in [0, 0.1) is 0 Å². The molecule has 0 saturated heterocycles. The van der Waals surface area contributed by atoms with Crippen LogP contribution >= 0.6 is 0 Å². The third-order valence-electron chi connectivity index (χ3n) is 5.12. The van der Waals surface area contributed by atoms with E-state index in [9.17, 15) is 0 Å². The van der Waals surface area contributed by atoms with Crippen molar-refractivity contribution in [3.8, 4) is 0 Å². The summed E-state index contributed by atoms with van der Waals surface area (Å²) in [5.41, 5.74) is 5.48. The first-order chi connectivity index (χ1) is 13.5. The van der Waals surface area contributed by atoms with Crippen LogP contribution < -0.4 is 0 Å². The van der Waals surface area contributed by atoms with Crippen LogP contribution in [0.1, 0.15) is 105 Å². The van der Waals surface area contributed by atoms with Gasteiger partial charge in [0, 0.05) is 6.20 Å². The molecule has 0 aliphatic heterocycles. The molecule has 0 saturated carbocycles. The second-order valence-corrected chi connectivity index (χ2v) is 8.41. The lowest BCUT2D eigenvalue weighted by molar-refractivity contribution is 0.604. The van der Waals surface area contributed by atoms with E-state index in [1.807, 2.05) is 4.68 Å². The third kappa shape index (κ3) is 12.7. The Bertz CT molecular complexity index is 615. The molecule has 0 N–H and O–H groups in total. The van der Waals surface area contributed by atoms with Crippen molar-refractivity contribution in [1.82, 2.24) is 15.0 Å². The minimum atomic E-state index is 0.832. The van der Waals surface area contributed by atoms with Crippen molar-refractivity contribution in [2.45, 2.75) is 112 Å². The molecular formula is C25H43N3. The number of unbranched alkanes of at least 4 members (excludes halogenated alkanes) is 5. The van der Waals surface area contributed by atoms with E-state index in [4.69, 9.17) is 0 Å². The molecule has 1 rings (SSSR count). The standard InChI is InChI=1S/C25H43N3/c1-6-7-8-9-10-11-18-25-21-28(27-26-25)20-19-24(5)17-13-16-23(4)15-12-14-22(2)3/h14,16,19,21H,6-13,15,17-18,20H2,1-5H3/b23-16+,24-19-. The van der Waals surface area contributed by atoms with Gasteiger partial charge in [-0.05, 0) is 66.2 Å². The highest BCUT2D eigenvalue weighted by molar-refractivity contribution is 5.05. The number of aromatic nitrogens is 3. The Morgan fingerprint density at radius 1 is 0.857 bits per heavy atom. The highest BCUT2D eigenvalue weighted by atomic mass is 15.4. The van der Waals surface area contributed by atoms with Crippen LogP contribution in [-0.2, 0) is 13.0 Å². The van der Waals surface area contributed by atoms with Crippen molar-refractivity contribution in [3.05, 3.63) is 46.8 Å². The zero-order chi connectivity index (χ0) is 20.6. The van der Waals surface area contributed by atoms with Gasteiger partial charge in [0.15, 0.2) is 0 Å². The summed E-state index contributed by atoms with van der Waals surface area (Å²) >= 11 is 0. The highest BCUT2D eigenvalue weighted by Gasteiger charge is 2.00. The molecule has 0 atom stereocenters. The van der Waals surface area contributed by atoms with E-state index in [0.29, 0.717) is 0 Å². The van der Waals surface area contributed by atoms with Crippen LogP contribution in [0.5, 0.6) is 0 Å². The number of hydrogen-bond acceptors (Lipinski definition) is 2. The Balaban J connectivity index is 2.24. The van der Waals surface area contributed by atoms with E-state index in [0.717, 1.165) is 37.9 Å². The Kier molecular flexibility index (Phi) is 13.3. The van der Waals surface area contributed by atoms with E-state index in [2.05, 4.69) is 69.4 Å². The SMILES string of the molecule is CCCCCCCCc1cn(C/C=C(/C)CC/C=C(\C)CCC=C(C)C)nn1. The van der Waals surface area contributed by atoms with Crippen molar-refractivity contribution in [3.63, 3.8) is 0 Å². The summed E-state index contributed by atoms with van der Waals surface area (Å²) in [6, 6.07) is 0. The fraction of sp³-hybridized carbons (Fsp3) is 0.680. The maximum absolute atomic E-state index is 4.32. The first-order valence-corrected chi connectivity index (χ1v) is 11.3. The normalized spacial score (nSPS) is 12.5. The molecule has 1 aromatic rings. The molecule has 1 heterocycles. The maximum Gasteiger partial charge on any atom is 0.0827 e. The summed E-state index contributed by atoms with van der Waals surface area (Å²) in [5.74, 6) is 0. The summed E-state index contributed by atoms with van der Waals surface area (Å²) in [6.45, 7) is 11.9. The number of aryl methyl sites for hydroxylation is 1. The molecule has 0 aromatic carbocycles. The summed E-state index contributed by atoms with van der Waals surface area (Å²) in [7, 11) is 0.